The number of ether oxygens (including phenoxy) is 1. The van der Waals surface area contributed by atoms with Gasteiger partial charge in [-0.3, -0.25) is 4.79 Å². The number of aryl methyl sites for hydroxylation is 2. The van der Waals surface area contributed by atoms with Crippen molar-refractivity contribution in [2.75, 3.05) is 12.4 Å². The Labute approximate surface area is 151 Å². The van der Waals surface area contributed by atoms with Crippen LogP contribution in [-0.2, 0) is 11.2 Å². The molecule has 1 aromatic heterocycles. The lowest BCUT2D eigenvalue weighted by Gasteiger charge is -2.09. The summed E-state index contributed by atoms with van der Waals surface area (Å²) in [6, 6.07) is 13.0. The van der Waals surface area contributed by atoms with Gasteiger partial charge in [0.1, 0.15) is 11.3 Å². The SMILES string of the molecule is COc1ccc2c(C)c(CCC(=O)Nc3cccc(C)c3)c(=O)oc2c1. The second kappa shape index (κ2) is 7.44. The largest absolute Gasteiger partial charge is 0.497 e. The normalized spacial score (nSPS) is 10.7. The lowest BCUT2D eigenvalue weighted by molar-refractivity contribution is -0.116. The maximum Gasteiger partial charge on any atom is 0.339 e. The van der Waals surface area contributed by atoms with Gasteiger partial charge in [0.05, 0.1) is 7.11 Å². The third-order valence-electron chi connectivity index (χ3n) is 4.40. The van der Waals surface area contributed by atoms with Crippen molar-refractivity contribution in [3.63, 3.8) is 0 Å². The number of amides is 1. The number of benzene rings is 2. The fraction of sp³-hybridized carbons (Fsp3) is 0.238. The number of rotatable bonds is 5. The van der Waals surface area contributed by atoms with Gasteiger partial charge in [-0.25, -0.2) is 4.79 Å². The molecular weight excluding hydrogens is 330 g/mol. The highest BCUT2D eigenvalue weighted by Gasteiger charge is 2.14. The molecule has 5 nitrogen and oxygen atoms in total. The summed E-state index contributed by atoms with van der Waals surface area (Å²) in [5.41, 5.74) is 3.27. The minimum Gasteiger partial charge on any atom is -0.497 e. The highest BCUT2D eigenvalue weighted by molar-refractivity contribution is 5.91. The van der Waals surface area contributed by atoms with Crippen molar-refractivity contribution >= 4 is 22.6 Å². The summed E-state index contributed by atoms with van der Waals surface area (Å²) in [4.78, 5) is 24.5. The lowest BCUT2D eigenvalue weighted by Crippen LogP contribution is -2.16. The van der Waals surface area contributed by atoms with Gasteiger partial charge < -0.3 is 14.5 Å². The number of fused-ring (bicyclic) bond motifs is 1. The monoisotopic (exact) mass is 351 g/mol. The lowest BCUT2D eigenvalue weighted by atomic mass is 10.0. The van der Waals surface area contributed by atoms with E-state index in [1.807, 2.05) is 50.2 Å². The summed E-state index contributed by atoms with van der Waals surface area (Å²) in [5, 5.41) is 3.70. The number of carbonyl (C=O) groups excluding carboxylic acids is 1. The molecule has 3 rings (SSSR count). The first-order chi connectivity index (χ1) is 12.5. The van der Waals surface area contributed by atoms with Gasteiger partial charge in [0.2, 0.25) is 5.91 Å². The highest BCUT2D eigenvalue weighted by Crippen LogP contribution is 2.24. The average molecular weight is 351 g/mol. The Morgan fingerprint density at radius 2 is 1.96 bits per heavy atom. The predicted molar refractivity (Wildman–Crippen MR) is 102 cm³/mol. The quantitative estimate of drug-likeness (QED) is 0.706. The van der Waals surface area contributed by atoms with Gasteiger partial charge in [-0.15, -0.1) is 0 Å². The Bertz CT molecular complexity index is 1020. The molecule has 134 valence electrons. The Kier molecular flexibility index (Phi) is 5.07. The molecule has 0 atom stereocenters. The number of carbonyl (C=O) groups is 1. The predicted octanol–water partition coefficient (Wildman–Crippen LogP) is 3.99. The van der Waals surface area contributed by atoms with Crippen molar-refractivity contribution in [2.24, 2.45) is 0 Å². The molecule has 0 radical (unpaired) electrons. The maximum atomic E-state index is 12.3. The molecule has 26 heavy (non-hydrogen) atoms. The van der Waals surface area contributed by atoms with E-state index >= 15 is 0 Å². The van der Waals surface area contributed by atoms with Crippen LogP contribution < -0.4 is 15.7 Å². The van der Waals surface area contributed by atoms with Crippen LogP contribution in [0.3, 0.4) is 0 Å². The van der Waals surface area contributed by atoms with Gasteiger partial charge in [0.25, 0.3) is 0 Å². The molecule has 0 bridgehead atoms. The van der Waals surface area contributed by atoms with E-state index in [0.717, 1.165) is 22.2 Å². The molecule has 0 saturated heterocycles. The second-order valence-corrected chi connectivity index (χ2v) is 6.27. The summed E-state index contributed by atoms with van der Waals surface area (Å²) in [5.74, 6) is 0.495. The molecule has 0 unspecified atom stereocenters. The molecule has 5 heteroatoms. The van der Waals surface area contributed by atoms with Gasteiger partial charge in [0.15, 0.2) is 0 Å². The molecule has 0 aliphatic carbocycles. The van der Waals surface area contributed by atoms with E-state index < -0.39 is 5.63 Å². The fourth-order valence-electron chi connectivity index (χ4n) is 2.98. The van der Waals surface area contributed by atoms with Gasteiger partial charge in [-0.2, -0.15) is 0 Å². The molecular formula is C21H21NO4. The Morgan fingerprint density at radius 1 is 1.15 bits per heavy atom. The standard InChI is InChI=1S/C21H21NO4/c1-13-5-4-6-15(11-13)22-20(23)10-9-18-14(2)17-8-7-16(25-3)12-19(17)26-21(18)24/h4-8,11-12H,9-10H2,1-3H3,(H,22,23). The molecule has 3 aromatic rings. The van der Waals surface area contributed by atoms with Crippen LogP contribution in [0.2, 0.25) is 0 Å². The summed E-state index contributed by atoms with van der Waals surface area (Å²) in [7, 11) is 1.56. The van der Waals surface area contributed by atoms with Crippen LogP contribution in [-0.4, -0.2) is 13.0 Å². The summed E-state index contributed by atoms with van der Waals surface area (Å²) < 4.78 is 10.6. The first-order valence-electron chi connectivity index (χ1n) is 8.45. The summed E-state index contributed by atoms with van der Waals surface area (Å²) in [6.45, 7) is 3.84. The van der Waals surface area contributed by atoms with E-state index in [9.17, 15) is 9.59 Å². The summed E-state index contributed by atoms with van der Waals surface area (Å²) >= 11 is 0. The number of hydrogen-bond donors (Lipinski definition) is 1. The Morgan fingerprint density at radius 3 is 2.69 bits per heavy atom. The topological polar surface area (TPSA) is 68.5 Å². The van der Waals surface area contributed by atoms with Crippen molar-refractivity contribution in [3.05, 3.63) is 69.6 Å². The molecule has 0 spiro atoms. The van der Waals surface area contributed by atoms with E-state index in [2.05, 4.69) is 5.32 Å². The van der Waals surface area contributed by atoms with Crippen LogP contribution in [0, 0.1) is 13.8 Å². The van der Waals surface area contributed by atoms with Crippen molar-refractivity contribution in [3.8, 4) is 5.75 Å². The number of hydrogen-bond acceptors (Lipinski definition) is 4. The molecule has 1 amide bonds. The van der Waals surface area contributed by atoms with Crippen LogP contribution in [0.5, 0.6) is 5.75 Å². The van der Waals surface area contributed by atoms with Crippen molar-refractivity contribution < 1.29 is 13.9 Å². The van der Waals surface area contributed by atoms with Crippen molar-refractivity contribution in [2.45, 2.75) is 26.7 Å². The van der Waals surface area contributed by atoms with Crippen LogP contribution >= 0.6 is 0 Å². The molecule has 0 aliphatic heterocycles. The highest BCUT2D eigenvalue weighted by atomic mass is 16.5. The number of methoxy groups -OCH3 is 1. The minimum atomic E-state index is -0.411. The smallest absolute Gasteiger partial charge is 0.339 e. The van der Waals surface area contributed by atoms with Crippen LogP contribution in [0.4, 0.5) is 5.69 Å². The fourth-order valence-corrected chi connectivity index (χ4v) is 2.98. The molecule has 0 aliphatic rings. The molecule has 1 N–H and O–H groups in total. The Balaban J connectivity index is 1.78. The van der Waals surface area contributed by atoms with E-state index in [1.54, 1.807) is 13.2 Å². The van der Waals surface area contributed by atoms with Crippen molar-refractivity contribution in [1.82, 2.24) is 0 Å². The number of nitrogens with one attached hydrogen (secondary N) is 1. The van der Waals surface area contributed by atoms with Crippen LogP contribution in [0.1, 0.15) is 23.1 Å². The van der Waals surface area contributed by atoms with Crippen molar-refractivity contribution in [1.29, 1.82) is 0 Å². The van der Waals surface area contributed by atoms with Gasteiger partial charge in [-0.1, -0.05) is 12.1 Å². The minimum absolute atomic E-state index is 0.135. The van der Waals surface area contributed by atoms with E-state index in [-0.39, 0.29) is 12.3 Å². The molecule has 0 fully saturated rings. The van der Waals surface area contributed by atoms with Gasteiger partial charge in [-0.05, 0) is 55.7 Å². The molecule has 0 saturated carbocycles. The number of anilines is 1. The Hall–Kier alpha value is -3.08. The molecule has 1 heterocycles. The van der Waals surface area contributed by atoms with Gasteiger partial charge >= 0.3 is 5.63 Å². The summed E-state index contributed by atoms with van der Waals surface area (Å²) in [6.07, 6.45) is 0.537. The average Bonchev–Trinajstić information content (AvgIpc) is 2.61. The van der Waals surface area contributed by atoms with Gasteiger partial charge in [0, 0.05) is 29.1 Å². The van der Waals surface area contributed by atoms with E-state index in [1.165, 1.54) is 0 Å². The maximum absolute atomic E-state index is 12.3. The van der Waals surface area contributed by atoms with E-state index in [4.69, 9.17) is 9.15 Å². The first-order valence-corrected chi connectivity index (χ1v) is 8.45. The zero-order valence-electron chi connectivity index (χ0n) is 15.1. The van der Waals surface area contributed by atoms with Crippen LogP contribution in [0.15, 0.2) is 51.7 Å². The molecule has 2 aromatic carbocycles. The van der Waals surface area contributed by atoms with E-state index in [0.29, 0.717) is 23.3 Å². The second-order valence-electron chi connectivity index (χ2n) is 6.27. The third kappa shape index (κ3) is 3.77. The zero-order chi connectivity index (χ0) is 18.7. The third-order valence-corrected chi connectivity index (χ3v) is 4.40. The zero-order valence-corrected chi connectivity index (χ0v) is 15.1. The first kappa shape index (κ1) is 17.7. The van der Waals surface area contributed by atoms with Crippen LogP contribution in [0.25, 0.3) is 11.0 Å².